The summed E-state index contributed by atoms with van der Waals surface area (Å²) in [5.41, 5.74) is 1.38. The third kappa shape index (κ3) is 3.13. The van der Waals surface area contributed by atoms with Crippen LogP contribution in [0.5, 0.6) is 11.5 Å². The van der Waals surface area contributed by atoms with Crippen LogP contribution in [0.2, 0.25) is 0 Å². The number of hydrogen-bond acceptors (Lipinski definition) is 3. The van der Waals surface area contributed by atoms with Crippen molar-refractivity contribution in [1.29, 1.82) is 0 Å². The summed E-state index contributed by atoms with van der Waals surface area (Å²) in [5, 5.41) is 0. The van der Waals surface area contributed by atoms with Gasteiger partial charge in [0.2, 0.25) is 0 Å². The van der Waals surface area contributed by atoms with E-state index < -0.39 is 0 Å². The Hall–Kier alpha value is -1.97. The first-order valence-electron chi connectivity index (χ1n) is 6.78. The fourth-order valence-corrected chi connectivity index (χ4v) is 2.22. The zero-order chi connectivity index (χ0) is 15.1. The molecule has 20 heavy (non-hydrogen) atoms. The Morgan fingerprint density at radius 3 is 2.20 bits per heavy atom. The largest absolute Gasteiger partial charge is 0.496 e. The second-order valence-electron chi connectivity index (χ2n) is 4.29. The van der Waals surface area contributed by atoms with E-state index in [-0.39, 0.29) is 5.91 Å². The van der Waals surface area contributed by atoms with Crippen LogP contribution in [0.15, 0.2) is 24.8 Å². The molecule has 0 fully saturated rings. The van der Waals surface area contributed by atoms with Gasteiger partial charge in [-0.3, -0.25) is 4.79 Å². The molecule has 0 spiro atoms. The van der Waals surface area contributed by atoms with Crippen molar-refractivity contribution < 1.29 is 14.3 Å². The molecule has 4 heteroatoms. The number of methoxy groups -OCH3 is 2. The lowest BCUT2D eigenvalue weighted by molar-refractivity contribution is 0.0768. The number of allylic oxidation sites excluding steroid dienone is 1. The average molecular weight is 277 g/mol. The lowest BCUT2D eigenvalue weighted by atomic mass is 10.0. The van der Waals surface area contributed by atoms with Gasteiger partial charge in [-0.25, -0.2) is 0 Å². The summed E-state index contributed by atoms with van der Waals surface area (Å²) >= 11 is 0. The number of carbonyl (C=O) groups excluding carboxylic acids is 1. The van der Waals surface area contributed by atoms with Crippen LogP contribution >= 0.6 is 0 Å². The summed E-state index contributed by atoms with van der Waals surface area (Å²) in [5.74, 6) is 1.21. The Balaban J connectivity index is 3.45. The quantitative estimate of drug-likeness (QED) is 0.719. The number of hydrogen-bond donors (Lipinski definition) is 0. The predicted octanol–water partition coefficient (Wildman–Crippen LogP) is 2.91. The van der Waals surface area contributed by atoms with Gasteiger partial charge in [-0.05, 0) is 32.4 Å². The smallest absolute Gasteiger partial charge is 0.258 e. The van der Waals surface area contributed by atoms with E-state index in [0.717, 1.165) is 5.56 Å². The van der Waals surface area contributed by atoms with Crippen LogP contribution < -0.4 is 9.47 Å². The molecule has 0 atom stereocenters. The second-order valence-corrected chi connectivity index (χ2v) is 4.29. The van der Waals surface area contributed by atoms with E-state index in [1.807, 2.05) is 19.9 Å². The van der Waals surface area contributed by atoms with Crippen LogP contribution in [0, 0.1) is 0 Å². The highest BCUT2D eigenvalue weighted by molar-refractivity contribution is 5.99. The van der Waals surface area contributed by atoms with Gasteiger partial charge in [-0.1, -0.05) is 6.08 Å². The van der Waals surface area contributed by atoms with E-state index >= 15 is 0 Å². The van der Waals surface area contributed by atoms with Gasteiger partial charge in [0.25, 0.3) is 5.91 Å². The molecule has 0 aliphatic heterocycles. The van der Waals surface area contributed by atoms with E-state index in [9.17, 15) is 4.79 Å². The first-order valence-corrected chi connectivity index (χ1v) is 6.78. The maximum absolute atomic E-state index is 12.7. The SMILES string of the molecule is C=CCc1c(OC)ccc(OC)c1C(=O)N(CC)CC. The average Bonchev–Trinajstić information content (AvgIpc) is 2.48. The minimum Gasteiger partial charge on any atom is -0.496 e. The highest BCUT2D eigenvalue weighted by atomic mass is 16.5. The predicted molar refractivity (Wildman–Crippen MR) is 80.7 cm³/mol. The maximum Gasteiger partial charge on any atom is 0.258 e. The molecule has 0 aliphatic rings. The molecule has 0 saturated heterocycles. The number of rotatable bonds is 7. The van der Waals surface area contributed by atoms with Gasteiger partial charge in [-0.15, -0.1) is 6.58 Å². The van der Waals surface area contributed by atoms with Crippen molar-refractivity contribution in [2.45, 2.75) is 20.3 Å². The lowest BCUT2D eigenvalue weighted by Gasteiger charge is -2.23. The summed E-state index contributed by atoms with van der Waals surface area (Å²) in [6.07, 6.45) is 2.32. The minimum absolute atomic E-state index is 0.0393. The van der Waals surface area contributed by atoms with Crippen molar-refractivity contribution in [3.63, 3.8) is 0 Å². The highest BCUT2D eigenvalue weighted by Crippen LogP contribution is 2.32. The van der Waals surface area contributed by atoms with E-state index in [2.05, 4.69) is 6.58 Å². The van der Waals surface area contributed by atoms with E-state index in [1.54, 1.807) is 31.3 Å². The molecule has 1 aromatic rings. The molecular weight excluding hydrogens is 254 g/mol. The summed E-state index contributed by atoms with van der Waals surface area (Å²) in [4.78, 5) is 14.5. The van der Waals surface area contributed by atoms with Crippen LogP contribution in [-0.4, -0.2) is 38.1 Å². The summed E-state index contributed by atoms with van der Waals surface area (Å²) < 4.78 is 10.7. The Bertz CT molecular complexity index is 479. The summed E-state index contributed by atoms with van der Waals surface area (Å²) in [6.45, 7) is 8.98. The Morgan fingerprint density at radius 1 is 1.20 bits per heavy atom. The fourth-order valence-electron chi connectivity index (χ4n) is 2.22. The zero-order valence-electron chi connectivity index (χ0n) is 12.7. The van der Waals surface area contributed by atoms with Gasteiger partial charge in [0.1, 0.15) is 11.5 Å². The molecule has 0 heterocycles. The molecule has 0 bridgehead atoms. The molecular formula is C16H23NO3. The van der Waals surface area contributed by atoms with Crippen molar-refractivity contribution >= 4 is 5.91 Å². The maximum atomic E-state index is 12.7. The molecule has 4 nitrogen and oxygen atoms in total. The van der Waals surface area contributed by atoms with Crippen molar-refractivity contribution in [3.8, 4) is 11.5 Å². The molecule has 0 aliphatic carbocycles. The van der Waals surface area contributed by atoms with E-state index in [1.165, 1.54) is 0 Å². The molecule has 110 valence electrons. The van der Waals surface area contributed by atoms with Crippen LogP contribution in [0.1, 0.15) is 29.8 Å². The number of amides is 1. The van der Waals surface area contributed by atoms with Crippen molar-refractivity contribution in [1.82, 2.24) is 4.90 Å². The molecule has 0 unspecified atom stereocenters. The van der Waals surface area contributed by atoms with Gasteiger partial charge in [0, 0.05) is 18.7 Å². The van der Waals surface area contributed by atoms with Crippen LogP contribution in [0.25, 0.3) is 0 Å². The van der Waals surface area contributed by atoms with E-state index in [4.69, 9.17) is 9.47 Å². The minimum atomic E-state index is -0.0393. The molecule has 0 saturated carbocycles. The van der Waals surface area contributed by atoms with Gasteiger partial charge >= 0.3 is 0 Å². The Kier molecular flexibility index (Phi) is 6.10. The molecule has 0 aromatic heterocycles. The first kappa shape index (κ1) is 16.1. The van der Waals surface area contributed by atoms with Gasteiger partial charge in [0.15, 0.2) is 0 Å². The van der Waals surface area contributed by atoms with Crippen LogP contribution in [0.4, 0.5) is 0 Å². The third-order valence-electron chi connectivity index (χ3n) is 3.28. The standard InChI is InChI=1S/C16H23NO3/c1-6-9-12-13(19-4)10-11-14(20-5)15(12)16(18)17(7-2)8-3/h6,10-11H,1,7-9H2,2-5H3. The number of carbonyl (C=O) groups is 1. The zero-order valence-corrected chi connectivity index (χ0v) is 12.7. The molecule has 1 amide bonds. The third-order valence-corrected chi connectivity index (χ3v) is 3.28. The highest BCUT2D eigenvalue weighted by Gasteiger charge is 2.23. The number of nitrogens with zero attached hydrogens (tertiary/aromatic N) is 1. The van der Waals surface area contributed by atoms with Crippen molar-refractivity contribution in [2.24, 2.45) is 0 Å². The van der Waals surface area contributed by atoms with Crippen molar-refractivity contribution in [2.75, 3.05) is 27.3 Å². The van der Waals surface area contributed by atoms with E-state index in [0.29, 0.717) is 36.6 Å². The summed E-state index contributed by atoms with van der Waals surface area (Å²) in [7, 11) is 3.17. The Morgan fingerprint density at radius 2 is 1.75 bits per heavy atom. The van der Waals surface area contributed by atoms with Gasteiger partial charge in [0.05, 0.1) is 19.8 Å². The monoisotopic (exact) mass is 277 g/mol. The van der Waals surface area contributed by atoms with Gasteiger partial charge in [-0.2, -0.15) is 0 Å². The number of ether oxygens (including phenoxy) is 2. The molecule has 0 radical (unpaired) electrons. The molecule has 1 aromatic carbocycles. The van der Waals surface area contributed by atoms with Crippen LogP contribution in [0.3, 0.4) is 0 Å². The first-order chi connectivity index (χ1) is 9.64. The topological polar surface area (TPSA) is 38.8 Å². The molecule has 0 N–H and O–H groups in total. The Labute approximate surface area is 121 Å². The fraction of sp³-hybridized carbons (Fsp3) is 0.438. The van der Waals surface area contributed by atoms with Gasteiger partial charge < -0.3 is 14.4 Å². The normalized spacial score (nSPS) is 10.0. The number of benzene rings is 1. The van der Waals surface area contributed by atoms with Crippen molar-refractivity contribution in [3.05, 3.63) is 35.9 Å². The lowest BCUT2D eigenvalue weighted by Crippen LogP contribution is -2.31. The second kappa shape index (κ2) is 7.58. The molecule has 1 rings (SSSR count). The summed E-state index contributed by atoms with van der Waals surface area (Å²) in [6, 6.07) is 3.58. The van der Waals surface area contributed by atoms with Crippen LogP contribution in [-0.2, 0) is 6.42 Å².